The number of ether oxygens (including phenoxy) is 3. The van der Waals surface area contributed by atoms with Crippen molar-refractivity contribution in [1.29, 1.82) is 0 Å². The average Bonchev–Trinajstić information content (AvgIpc) is 2.93. The highest BCUT2D eigenvalue weighted by molar-refractivity contribution is 5.49. The Morgan fingerprint density at radius 1 is 1.22 bits per heavy atom. The van der Waals surface area contributed by atoms with Gasteiger partial charge in [0.2, 0.25) is 6.79 Å². The van der Waals surface area contributed by atoms with E-state index in [2.05, 4.69) is 32.9 Å². The van der Waals surface area contributed by atoms with Crippen LogP contribution in [0.3, 0.4) is 0 Å². The van der Waals surface area contributed by atoms with Crippen LogP contribution in [0.5, 0.6) is 11.5 Å². The average molecular weight is 248 g/mol. The van der Waals surface area contributed by atoms with Crippen molar-refractivity contribution in [1.82, 2.24) is 0 Å². The molecule has 0 aliphatic carbocycles. The summed E-state index contributed by atoms with van der Waals surface area (Å²) in [4.78, 5) is 0. The molecule has 98 valence electrons. The summed E-state index contributed by atoms with van der Waals surface area (Å²) >= 11 is 0. The highest BCUT2D eigenvalue weighted by atomic mass is 16.7. The molecule has 1 fully saturated rings. The lowest BCUT2D eigenvalue weighted by Crippen LogP contribution is -2.11. The topological polar surface area (TPSA) is 27.7 Å². The van der Waals surface area contributed by atoms with Crippen LogP contribution in [-0.2, 0) is 4.74 Å². The minimum absolute atomic E-state index is 0.208. The van der Waals surface area contributed by atoms with E-state index in [0.29, 0.717) is 18.8 Å². The van der Waals surface area contributed by atoms with Crippen LogP contribution in [-0.4, -0.2) is 12.9 Å². The summed E-state index contributed by atoms with van der Waals surface area (Å²) in [6, 6.07) is 4.15. The van der Waals surface area contributed by atoms with Gasteiger partial charge in [0.1, 0.15) is 0 Å². The standard InChI is InChI=1S/C15H20O3/c1-4-12-10(3)6-13(18-12)11-7-15-14(5-9(11)2)16-8-17-15/h5,7,10,12-13H,4,6,8H2,1-3H3. The van der Waals surface area contributed by atoms with E-state index in [1.807, 2.05) is 0 Å². The third-order valence-corrected chi connectivity index (χ3v) is 4.07. The first-order valence-corrected chi connectivity index (χ1v) is 6.74. The zero-order valence-electron chi connectivity index (χ0n) is 11.2. The van der Waals surface area contributed by atoms with Gasteiger partial charge in [-0.1, -0.05) is 13.8 Å². The summed E-state index contributed by atoms with van der Waals surface area (Å²) in [6.45, 7) is 6.91. The number of rotatable bonds is 2. The summed E-state index contributed by atoms with van der Waals surface area (Å²) in [5.41, 5.74) is 2.48. The lowest BCUT2D eigenvalue weighted by atomic mass is 9.95. The Morgan fingerprint density at radius 3 is 2.61 bits per heavy atom. The van der Waals surface area contributed by atoms with E-state index in [4.69, 9.17) is 14.2 Å². The van der Waals surface area contributed by atoms with Gasteiger partial charge >= 0.3 is 0 Å². The van der Waals surface area contributed by atoms with Gasteiger partial charge in [-0.15, -0.1) is 0 Å². The smallest absolute Gasteiger partial charge is 0.231 e. The maximum absolute atomic E-state index is 6.15. The van der Waals surface area contributed by atoms with Crippen LogP contribution in [0.2, 0.25) is 0 Å². The van der Waals surface area contributed by atoms with Gasteiger partial charge in [-0.2, -0.15) is 0 Å². The molecule has 1 saturated heterocycles. The number of hydrogen-bond acceptors (Lipinski definition) is 3. The highest BCUT2D eigenvalue weighted by Crippen LogP contribution is 2.43. The summed E-state index contributed by atoms with van der Waals surface area (Å²) in [5.74, 6) is 2.34. The van der Waals surface area contributed by atoms with Crippen molar-refractivity contribution in [3.05, 3.63) is 23.3 Å². The molecule has 0 bridgehead atoms. The number of hydrogen-bond donors (Lipinski definition) is 0. The first-order chi connectivity index (χ1) is 8.69. The van der Waals surface area contributed by atoms with Gasteiger partial charge in [0.05, 0.1) is 12.2 Å². The summed E-state index contributed by atoms with van der Waals surface area (Å²) in [6.07, 6.45) is 2.78. The summed E-state index contributed by atoms with van der Waals surface area (Å²) in [5, 5.41) is 0. The second kappa shape index (κ2) is 4.47. The Kier molecular flexibility index (Phi) is 2.94. The molecule has 1 aromatic carbocycles. The Balaban J connectivity index is 1.89. The molecular formula is C15H20O3. The Hall–Kier alpha value is -1.22. The zero-order valence-corrected chi connectivity index (χ0v) is 11.2. The van der Waals surface area contributed by atoms with Crippen molar-refractivity contribution in [2.75, 3.05) is 6.79 Å². The molecule has 0 aromatic heterocycles. The quantitative estimate of drug-likeness (QED) is 0.800. The van der Waals surface area contributed by atoms with Crippen molar-refractivity contribution >= 4 is 0 Å². The molecule has 0 spiro atoms. The molecule has 0 N–H and O–H groups in total. The van der Waals surface area contributed by atoms with E-state index in [1.165, 1.54) is 11.1 Å². The molecule has 2 aliphatic heterocycles. The van der Waals surface area contributed by atoms with Gasteiger partial charge in [0.15, 0.2) is 11.5 Å². The van der Waals surface area contributed by atoms with E-state index in [-0.39, 0.29) is 6.10 Å². The predicted molar refractivity (Wildman–Crippen MR) is 69.0 cm³/mol. The van der Waals surface area contributed by atoms with Crippen molar-refractivity contribution < 1.29 is 14.2 Å². The maximum atomic E-state index is 6.15. The van der Waals surface area contributed by atoms with Gasteiger partial charge in [-0.25, -0.2) is 0 Å². The van der Waals surface area contributed by atoms with Crippen LogP contribution in [0.1, 0.15) is 43.9 Å². The summed E-state index contributed by atoms with van der Waals surface area (Å²) in [7, 11) is 0. The number of fused-ring (bicyclic) bond motifs is 1. The fourth-order valence-electron chi connectivity index (χ4n) is 3.00. The molecule has 1 aromatic rings. The molecule has 0 amide bonds. The van der Waals surface area contributed by atoms with Crippen molar-refractivity contribution in [3.8, 4) is 11.5 Å². The second-order valence-electron chi connectivity index (χ2n) is 5.35. The monoisotopic (exact) mass is 248 g/mol. The van der Waals surface area contributed by atoms with Crippen molar-refractivity contribution in [3.63, 3.8) is 0 Å². The Bertz CT molecular complexity index is 455. The van der Waals surface area contributed by atoms with Crippen molar-refractivity contribution in [2.45, 2.75) is 45.8 Å². The van der Waals surface area contributed by atoms with E-state index < -0.39 is 0 Å². The molecule has 3 atom stereocenters. The molecule has 3 rings (SSSR count). The van der Waals surface area contributed by atoms with Gasteiger partial charge < -0.3 is 14.2 Å². The molecule has 2 aliphatic rings. The lowest BCUT2D eigenvalue weighted by molar-refractivity contribution is 0.0332. The maximum Gasteiger partial charge on any atom is 0.231 e. The van der Waals surface area contributed by atoms with E-state index in [9.17, 15) is 0 Å². The van der Waals surface area contributed by atoms with Crippen LogP contribution in [0, 0.1) is 12.8 Å². The fraction of sp³-hybridized carbons (Fsp3) is 0.600. The van der Waals surface area contributed by atoms with E-state index in [1.54, 1.807) is 0 Å². The SMILES string of the molecule is CCC1OC(c2cc3c(cc2C)OCO3)CC1C. The van der Waals surface area contributed by atoms with Gasteiger partial charge in [-0.3, -0.25) is 0 Å². The van der Waals surface area contributed by atoms with Gasteiger partial charge in [0.25, 0.3) is 0 Å². The second-order valence-corrected chi connectivity index (χ2v) is 5.35. The van der Waals surface area contributed by atoms with Crippen LogP contribution >= 0.6 is 0 Å². The largest absolute Gasteiger partial charge is 0.454 e. The lowest BCUT2D eigenvalue weighted by Gasteiger charge is -2.16. The predicted octanol–water partition coefficient (Wildman–Crippen LogP) is 3.60. The molecule has 18 heavy (non-hydrogen) atoms. The molecule has 0 saturated carbocycles. The number of aryl methyl sites for hydroxylation is 1. The summed E-state index contributed by atoms with van der Waals surface area (Å²) < 4.78 is 17.0. The molecule has 2 heterocycles. The van der Waals surface area contributed by atoms with Crippen LogP contribution in [0.25, 0.3) is 0 Å². The Labute approximate surface area is 108 Å². The van der Waals surface area contributed by atoms with E-state index >= 15 is 0 Å². The van der Waals surface area contributed by atoms with E-state index in [0.717, 1.165) is 24.3 Å². The zero-order chi connectivity index (χ0) is 12.7. The first-order valence-electron chi connectivity index (χ1n) is 6.74. The third kappa shape index (κ3) is 1.87. The Morgan fingerprint density at radius 2 is 1.94 bits per heavy atom. The first kappa shape index (κ1) is 11.8. The number of benzene rings is 1. The van der Waals surface area contributed by atoms with Gasteiger partial charge in [0, 0.05) is 0 Å². The van der Waals surface area contributed by atoms with Gasteiger partial charge in [-0.05, 0) is 48.9 Å². The van der Waals surface area contributed by atoms with Crippen LogP contribution in [0.4, 0.5) is 0 Å². The van der Waals surface area contributed by atoms with Crippen LogP contribution < -0.4 is 9.47 Å². The third-order valence-electron chi connectivity index (χ3n) is 4.07. The molecule has 3 unspecified atom stereocenters. The molecule has 3 nitrogen and oxygen atoms in total. The molecule has 3 heteroatoms. The normalized spacial score (nSPS) is 29.8. The van der Waals surface area contributed by atoms with Crippen LogP contribution in [0.15, 0.2) is 12.1 Å². The molecular weight excluding hydrogens is 228 g/mol. The fourth-order valence-corrected chi connectivity index (χ4v) is 3.00. The minimum Gasteiger partial charge on any atom is -0.454 e. The highest BCUT2D eigenvalue weighted by Gasteiger charge is 2.33. The van der Waals surface area contributed by atoms with Crippen molar-refractivity contribution in [2.24, 2.45) is 5.92 Å². The minimum atomic E-state index is 0.208. The molecule has 0 radical (unpaired) electrons.